The highest BCUT2D eigenvalue weighted by molar-refractivity contribution is 7.09. The van der Waals surface area contributed by atoms with Gasteiger partial charge in [-0.1, -0.05) is 0 Å². The first kappa shape index (κ1) is 16.6. The first-order valence-electron chi connectivity index (χ1n) is 7.61. The zero-order chi connectivity index (χ0) is 17.1. The molecule has 3 heterocycles. The van der Waals surface area contributed by atoms with Gasteiger partial charge in [-0.25, -0.2) is 4.98 Å². The van der Waals surface area contributed by atoms with Crippen molar-refractivity contribution in [1.82, 2.24) is 9.88 Å². The molecule has 2 aromatic heterocycles. The van der Waals surface area contributed by atoms with Crippen LogP contribution in [0.3, 0.4) is 0 Å². The Bertz CT molecular complexity index is 763. The number of rotatable bonds is 4. The quantitative estimate of drug-likeness (QED) is 0.913. The number of furan rings is 1. The highest BCUT2D eigenvalue weighted by Crippen LogP contribution is 2.26. The van der Waals surface area contributed by atoms with E-state index in [1.54, 1.807) is 31.4 Å². The van der Waals surface area contributed by atoms with E-state index in [4.69, 9.17) is 9.15 Å². The van der Waals surface area contributed by atoms with E-state index >= 15 is 0 Å². The third-order valence-corrected chi connectivity index (χ3v) is 4.86. The van der Waals surface area contributed by atoms with Gasteiger partial charge in [0.25, 0.3) is 0 Å². The van der Waals surface area contributed by atoms with Crippen LogP contribution < -0.4 is 5.32 Å². The molecule has 1 atom stereocenters. The minimum absolute atomic E-state index is 0.102. The summed E-state index contributed by atoms with van der Waals surface area (Å²) >= 11 is 1.55. The molecule has 0 aliphatic carbocycles. The van der Waals surface area contributed by atoms with Gasteiger partial charge in [0.2, 0.25) is 11.8 Å². The van der Waals surface area contributed by atoms with Crippen molar-refractivity contribution in [2.75, 3.05) is 31.6 Å². The van der Waals surface area contributed by atoms with Gasteiger partial charge < -0.3 is 9.15 Å². The van der Waals surface area contributed by atoms with Crippen molar-refractivity contribution in [3.05, 3.63) is 33.5 Å². The average Bonchev–Trinajstić information content (AvgIpc) is 3.17. The van der Waals surface area contributed by atoms with Crippen LogP contribution in [0.4, 0.5) is 5.88 Å². The molecule has 2 aromatic rings. The van der Waals surface area contributed by atoms with Crippen LogP contribution in [-0.4, -0.2) is 42.0 Å². The Labute approximate surface area is 143 Å². The van der Waals surface area contributed by atoms with Crippen molar-refractivity contribution < 1.29 is 13.9 Å². The monoisotopic (exact) mass is 346 g/mol. The fourth-order valence-corrected chi connectivity index (χ4v) is 3.29. The van der Waals surface area contributed by atoms with E-state index in [9.17, 15) is 10.1 Å². The highest BCUT2D eigenvalue weighted by atomic mass is 32.1. The standard InChI is InChI=1S/C16H18N4O3S/c1-10-11(2)23-15(12(10)7-17)19-14(21)9-20-4-5-22-13(8-20)16-18-3-6-24-16/h3,6,13H,4-5,8-9H2,1-2H3,(H,19,21). The minimum Gasteiger partial charge on any atom is -0.444 e. The molecule has 24 heavy (non-hydrogen) atoms. The van der Waals surface area contributed by atoms with Crippen LogP contribution in [-0.2, 0) is 9.53 Å². The molecule has 0 radical (unpaired) electrons. The maximum atomic E-state index is 12.3. The smallest absolute Gasteiger partial charge is 0.240 e. The van der Waals surface area contributed by atoms with Crippen LogP contribution in [0, 0.1) is 25.2 Å². The lowest BCUT2D eigenvalue weighted by atomic mass is 10.2. The number of hydrogen-bond donors (Lipinski definition) is 1. The normalized spacial score (nSPS) is 18.3. The molecule has 1 unspecified atom stereocenters. The Morgan fingerprint density at radius 3 is 3.12 bits per heavy atom. The van der Waals surface area contributed by atoms with Gasteiger partial charge >= 0.3 is 0 Å². The number of thiazole rings is 1. The van der Waals surface area contributed by atoms with Gasteiger partial charge in [0.1, 0.15) is 28.5 Å². The zero-order valence-electron chi connectivity index (χ0n) is 13.5. The van der Waals surface area contributed by atoms with E-state index in [2.05, 4.69) is 16.4 Å². The summed E-state index contributed by atoms with van der Waals surface area (Å²) in [5.41, 5.74) is 1.13. The van der Waals surface area contributed by atoms with Crippen molar-refractivity contribution in [3.8, 4) is 6.07 Å². The fraction of sp³-hybridized carbons (Fsp3) is 0.438. The molecule has 126 valence electrons. The number of aromatic nitrogens is 1. The van der Waals surface area contributed by atoms with Gasteiger partial charge in [0.15, 0.2) is 0 Å². The van der Waals surface area contributed by atoms with E-state index in [1.807, 2.05) is 10.3 Å². The number of anilines is 1. The number of carbonyl (C=O) groups excluding carboxylic acids is 1. The predicted molar refractivity (Wildman–Crippen MR) is 88.8 cm³/mol. The van der Waals surface area contributed by atoms with Gasteiger partial charge in [0.05, 0.1) is 13.2 Å². The summed E-state index contributed by atoms with van der Waals surface area (Å²) in [5.74, 6) is 0.652. The molecule has 3 rings (SSSR count). The summed E-state index contributed by atoms with van der Waals surface area (Å²) in [6.45, 7) is 5.63. The third-order valence-electron chi connectivity index (χ3n) is 3.99. The van der Waals surface area contributed by atoms with Gasteiger partial charge in [-0.2, -0.15) is 5.26 Å². The van der Waals surface area contributed by atoms with E-state index in [1.165, 1.54) is 0 Å². The first-order chi connectivity index (χ1) is 11.6. The number of nitrogens with one attached hydrogen (secondary N) is 1. The zero-order valence-corrected chi connectivity index (χ0v) is 14.4. The maximum Gasteiger partial charge on any atom is 0.240 e. The van der Waals surface area contributed by atoms with Crippen LogP contribution in [0.25, 0.3) is 0 Å². The van der Waals surface area contributed by atoms with Crippen LogP contribution in [0.15, 0.2) is 16.0 Å². The second-order valence-electron chi connectivity index (χ2n) is 5.61. The molecule has 0 saturated carbocycles. The van der Waals surface area contributed by atoms with E-state index in [0.29, 0.717) is 31.0 Å². The lowest BCUT2D eigenvalue weighted by Gasteiger charge is -2.31. The summed E-state index contributed by atoms with van der Waals surface area (Å²) in [6, 6.07) is 2.07. The number of nitrogens with zero attached hydrogens (tertiary/aromatic N) is 3. The van der Waals surface area contributed by atoms with Crippen molar-refractivity contribution in [2.24, 2.45) is 0 Å². The van der Waals surface area contributed by atoms with Crippen molar-refractivity contribution >= 4 is 23.1 Å². The number of ether oxygens (including phenoxy) is 1. The highest BCUT2D eigenvalue weighted by Gasteiger charge is 2.26. The average molecular weight is 346 g/mol. The van der Waals surface area contributed by atoms with Crippen LogP contribution in [0.1, 0.15) is 28.0 Å². The number of morpholine rings is 1. The Morgan fingerprint density at radius 2 is 2.42 bits per heavy atom. The molecule has 1 fully saturated rings. The summed E-state index contributed by atoms with van der Waals surface area (Å²) < 4.78 is 11.2. The number of carbonyl (C=O) groups is 1. The molecule has 8 heteroatoms. The van der Waals surface area contributed by atoms with Gasteiger partial charge in [-0.3, -0.25) is 15.0 Å². The summed E-state index contributed by atoms with van der Waals surface area (Å²) in [6.07, 6.45) is 1.65. The van der Waals surface area contributed by atoms with E-state index < -0.39 is 0 Å². The van der Waals surface area contributed by atoms with Crippen molar-refractivity contribution in [1.29, 1.82) is 5.26 Å². The fourth-order valence-electron chi connectivity index (χ4n) is 2.61. The number of aryl methyl sites for hydroxylation is 1. The molecule has 1 N–H and O–H groups in total. The molecule has 0 aromatic carbocycles. The topological polar surface area (TPSA) is 91.4 Å². The largest absolute Gasteiger partial charge is 0.444 e. The molecule has 1 saturated heterocycles. The first-order valence-corrected chi connectivity index (χ1v) is 8.49. The van der Waals surface area contributed by atoms with Crippen molar-refractivity contribution in [3.63, 3.8) is 0 Å². The van der Waals surface area contributed by atoms with E-state index in [-0.39, 0.29) is 24.4 Å². The number of amides is 1. The SMILES string of the molecule is Cc1oc(NC(=O)CN2CCOC(c3nccs3)C2)c(C#N)c1C. The van der Waals surface area contributed by atoms with E-state index in [0.717, 1.165) is 10.6 Å². The summed E-state index contributed by atoms with van der Waals surface area (Å²) in [7, 11) is 0. The van der Waals surface area contributed by atoms with Crippen LogP contribution in [0.5, 0.6) is 0 Å². The Kier molecular flexibility index (Phi) is 4.94. The second kappa shape index (κ2) is 7.13. The maximum absolute atomic E-state index is 12.3. The Balaban J connectivity index is 1.61. The van der Waals surface area contributed by atoms with Crippen LogP contribution >= 0.6 is 11.3 Å². The molecule has 7 nitrogen and oxygen atoms in total. The van der Waals surface area contributed by atoms with Crippen LogP contribution in [0.2, 0.25) is 0 Å². The molecule has 1 aliphatic rings. The molecular weight excluding hydrogens is 328 g/mol. The lowest BCUT2D eigenvalue weighted by molar-refractivity contribution is -0.119. The Hall–Kier alpha value is -2.21. The molecule has 0 bridgehead atoms. The minimum atomic E-state index is -0.208. The lowest BCUT2D eigenvalue weighted by Crippen LogP contribution is -2.42. The number of hydrogen-bond acceptors (Lipinski definition) is 7. The van der Waals surface area contributed by atoms with Gasteiger partial charge in [0, 0.05) is 30.2 Å². The third kappa shape index (κ3) is 3.48. The number of nitriles is 1. The van der Waals surface area contributed by atoms with Crippen molar-refractivity contribution in [2.45, 2.75) is 20.0 Å². The molecule has 0 spiro atoms. The second-order valence-corrected chi connectivity index (χ2v) is 6.54. The summed E-state index contributed by atoms with van der Waals surface area (Å²) in [4.78, 5) is 18.6. The van der Waals surface area contributed by atoms with Gasteiger partial charge in [-0.05, 0) is 13.8 Å². The summed E-state index contributed by atoms with van der Waals surface area (Å²) in [5, 5.41) is 14.7. The molecule has 1 amide bonds. The van der Waals surface area contributed by atoms with Gasteiger partial charge in [-0.15, -0.1) is 11.3 Å². The predicted octanol–water partition coefficient (Wildman–Crippen LogP) is 2.24. The molecular formula is C16H18N4O3S. The Morgan fingerprint density at radius 1 is 1.58 bits per heavy atom. The molecule has 1 aliphatic heterocycles.